The highest BCUT2D eigenvalue weighted by Crippen LogP contribution is 2.43. The molecular formula is C27H29F3N4O3. The molecule has 2 atom stereocenters. The van der Waals surface area contributed by atoms with Crippen LogP contribution in [0.2, 0.25) is 0 Å². The van der Waals surface area contributed by atoms with Crippen LogP contribution < -0.4 is 10.6 Å². The van der Waals surface area contributed by atoms with E-state index in [-0.39, 0.29) is 30.1 Å². The number of carbonyl (C=O) groups is 3. The first-order chi connectivity index (χ1) is 17.5. The quantitative estimate of drug-likeness (QED) is 0.575. The van der Waals surface area contributed by atoms with Crippen molar-refractivity contribution in [3.05, 3.63) is 82.6 Å². The van der Waals surface area contributed by atoms with Crippen LogP contribution in [-0.2, 0) is 15.8 Å². The van der Waals surface area contributed by atoms with Gasteiger partial charge in [0.1, 0.15) is 6.04 Å². The van der Waals surface area contributed by atoms with Crippen molar-refractivity contribution in [1.82, 2.24) is 20.4 Å². The molecule has 2 aliphatic rings. The molecule has 2 heterocycles. The molecule has 0 spiro atoms. The fourth-order valence-electron chi connectivity index (χ4n) is 4.81. The first kappa shape index (κ1) is 26.2. The maximum absolute atomic E-state index is 13.9. The lowest BCUT2D eigenvalue weighted by Gasteiger charge is -2.33. The number of hydrogen-bond acceptors (Lipinski definition) is 3. The van der Waals surface area contributed by atoms with Gasteiger partial charge in [-0.25, -0.2) is 4.79 Å². The Labute approximate surface area is 213 Å². The van der Waals surface area contributed by atoms with Gasteiger partial charge in [-0.2, -0.15) is 13.2 Å². The van der Waals surface area contributed by atoms with Gasteiger partial charge in [0.25, 0.3) is 5.91 Å². The van der Waals surface area contributed by atoms with E-state index in [1.54, 1.807) is 37.3 Å². The predicted octanol–water partition coefficient (Wildman–Crippen LogP) is 4.40. The molecule has 0 bridgehead atoms. The summed E-state index contributed by atoms with van der Waals surface area (Å²) in [6.45, 7) is 6.10. The monoisotopic (exact) mass is 514 g/mol. The summed E-state index contributed by atoms with van der Waals surface area (Å²) in [7, 11) is 0. The highest BCUT2D eigenvalue weighted by molar-refractivity contribution is 6.04. The van der Waals surface area contributed by atoms with Crippen molar-refractivity contribution in [2.45, 2.75) is 39.0 Å². The van der Waals surface area contributed by atoms with Gasteiger partial charge in [-0.05, 0) is 30.0 Å². The third kappa shape index (κ3) is 5.05. The topological polar surface area (TPSA) is 81.8 Å². The van der Waals surface area contributed by atoms with Crippen LogP contribution in [0.1, 0.15) is 49.5 Å². The molecule has 0 radical (unpaired) electrons. The van der Waals surface area contributed by atoms with Gasteiger partial charge < -0.3 is 15.5 Å². The minimum atomic E-state index is -4.69. The van der Waals surface area contributed by atoms with E-state index in [9.17, 15) is 27.6 Å². The van der Waals surface area contributed by atoms with Crippen LogP contribution in [-0.4, -0.2) is 47.3 Å². The number of nitrogens with one attached hydrogen (secondary N) is 2. The average Bonchev–Trinajstić information content (AvgIpc) is 3.19. The Morgan fingerprint density at radius 1 is 1.08 bits per heavy atom. The molecule has 196 valence electrons. The lowest BCUT2D eigenvalue weighted by Crippen LogP contribution is -2.47. The molecule has 7 nitrogen and oxygen atoms in total. The summed E-state index contributed by atoms with van der Waals surface area (Å²) in [5.41, 5.74) is -0.252. The molecule has 0 unspecified atom stereocenters. The number of rotatable bonds is 7. The van der Waals surface area contributed by atoms with Gasteiger partial charge in [0.2, 0.25) is 5.91 Å². The number of urea groups is 1. The summed E-state index contributed by atoms with van der Waals surface area (Å²) >= 11 is 0. The fraction of sp³-hybridized carbons (Fsp3) is 0.370. The zero-order valence-corrected chi connectivity index (χ0v) is 20.8. The van der Waals surface area contributed by atoms with Gasteiger partial charge in [0.15, 0.2) is 0 Å². The van der Waals surface area contributed by atoms with Crippen LogP contribution in [0.4, 0.5) is 18.0 Å². The first-order valence-corrected chi connectivity index (χ1v) is 12.1. The number of alkyl halides is 3. The third-order valence-corrected chi connectivity index (χ3v) is 6.50. The number of carbonyl (C=O) groups excluding carboxylic acids is 3. The number of benzene rings is 2. The van der Waals surface area contributed by atoms with Crippen molar-refractivity contribution in [1.29, 1.82) is 0 Å². The van der Waals surface area contributed by atoms with Crippen molar-refractivity contribution < 1.29 is 27.6 Å². The number of nitrogens with zero attached hydrogens (tertiary/aromatic N) is 2. The summed E-state index contributed by atoms with van der Waals surface area (Å²) in [5, 5.41) is 5.47. The summed E-state index contributed by atoms with van der Waals surface area (Å²) in [5.74, 6) is -0.826. The van der Waals surface area contributed by atoms with Crippen LogP contribution in [0.3, 0.4) is 0 Å². The SMILES string of the molecule is CCN1C(=O)N[C@H](c2ccccc2C(F)(F)F)C2=C1CN([C@@H](C(=O)NCC(C)C)c1ccccc1)C2=O. The maximum atomic E-state index is 13.9. The van der Waals surface area contributed by atoms with E-state index in [0.717, 1.165) is 6.07 Å². The molecule has 0 fully saturated rings. The lowest BCUT2D eigenvalue weighted by molar-refractivity contribution is -0.138. The molecule has 0 saturated heterocycles. The van der Waals surface area contributed by atoms with Gasteiger partial charge in [0.05, 0.1) is 29.4 Å². The second kappa shape index (κ2) is 10.3. The van der Waals surface area contributed by atoms with Crippen LogP contribution >= 0.6 is 0 Å². The standard InChI is InChI=1S/C27H29F3N4O3/c1-4-33-20-15-34(23(17-10-6-5-7-11-17)24(35)31-14-16(2)3)25(36)21(20)22(32-26(33)37)18-12-8-9-13-19(18)27(28,29)30/h5-13,16,22-23H,4,14-15H2,1-3H3,(H,31,35)(H,32,37)/t22-,23-/m1/s1. The van der Waals surface area contributed by atoms with Crippen molar-refractivity contribution >= 4 is 17.8 Å². The van der Waals surface area contributed by atoms with Crippen LogP contribution in [0.5, 0.6) is 0 Å². The Hall–Kier alpha value is -3.82. The Kier molecular flexibility index (Phi) is 7.29. The van der Waals surface area contributed by atoms with Crippen LogP contribution in [0, 0.1) is 5.92 Å². The maximum Gasteiger partial charge on any atom is 0.416 e. The van der Waals surface area contributed by atoms with Crippen molar-refractivity contribution in [3.63, 3.8) is 0 Å². The Balaban J connectivity index is 1.80. The normalized spacial score (nSPS) is 18.7. The van der Waals surface area contributed by atoms with Gasteiger partial charge in [-0.15, -0.1) is 0 Å². The van der Waals surface area contributed by atoms with Crippen molar-refractivity contribution in [2.75, 3.05) is 19.6 Å². The first-order valence-electron chi connectivity index (χ1n) is 12.1. The molecule has 0 aliphatic carbocycles. The summed E-state index contributed by atoms with van der Waals surface area (Å²) in [6, 6.07) is 10.7. The molecule has 2 N–H and O–H groups in total. The summed E-state index contributed by atoms with van der Waals surface area (Å²) in [4.78, 5) is 43.0. The van der Waals surface area contributed by atoms with E-state index >= 15 is 0 Å². The fourth-order valence-corrected chi connectivity index (χ4v) is 4.81. The molecular weight excluding hydrogens is 485 g/mol. The predicted molar refractivity (Wildman–Crippen MR) is 131 cm³/mol. The molecule has 0 aromatic heterocycles. The molecule has 2 aromatic carbocycles. The number of amides is 4. The van der Waals surface area contributed by atoms with Crippen LogP contribution in [0.15, 0.2) is 65.9 Å². The molecule has 2 aromatic rings. The van der Waals surface area contributed by atoms with E-state index < -0.39 is 41.7 Å². The molecule has 2 aliphatic heterocycles. The summed E-state index contributed by atoms with van der Waals surface area (Å²) in [6.07, 6.45) is -4.69. The van der Waals surface area contributed by atoms with Crippen LogP contribution in [0.25, 0.3) is 0 Å². The van der Waals surface area contributed by atoms with Crippen molar-refractivity contribution in [2.24, 2.45) is 5.92 Å². The molecule has 0 saturated carbocycles. The second-order valence-electron chi connectivity index (χ2n) is 9.46. The number of halogens is 3. The Morgan fingerprint density at radius 2 is 1.73 bits per heavy atom. The van der Waals surface area contributed by atoms with E-state index in [1.807, 2.05) is 13.8 Å². The molecule has 37 heavy (non-hydrogen) atoms. The zero-order chi connectivity index (χ0) is 26.9. The average molecular weight is 515 g/mol. The Bertz CT molecular complexity index is 1230. The minimum absolute atomic E-state index is 0.0377. The minimum Gasteiger partial charge on any atom is -0.354 e. The molecule has 4 rings (SSSR count). The highest BCUT2D eigenvalue weighted by Gasteiger charge is 2.48. The molecule has 4 amide bonds. The van der Waals surface area contributed by atoms with E-state index in [0.29, 0.717) is 17.8 Å². The lowest BCUT2D eigenvalue weighted by atomic mass is 9.91. The zero-order valence-electron chi connectivity index (χ0n) is 20.8. The van der Waals surface area contributed by atoms with Gasteiger partial charge in [0, 0.05) is 13.1 Å². The smallest absolute Gasteiger partial charge is 0.354 e. The van der Waals surface area contributed by atoms with E-state index in [4.69, 9.17) is 0 Å². The van der Waals surface area contributed by atoms with Crippen molar-refractivity contribution in [3.8, 4) is 0 Å². The third-order valence-electron chi connectivity index (χ3n) is 6.50. The van der Waals surface area contributed by atoms with Gasteiger partial charge in [-0.1, -0.05) is 62.4 Å². The van der Waals surface area contributed by atoms with E-state index in [2.05, 4.69) is 10.6 Å². The second-order valence-corrected chi connectivity index (χ2v) is 9.46. The Morgan fingerprint density at radius 3 is 2.35 bits per heavy atom. The van der Waals surface area contributed by atoms with Gasteiger partial charge in [-0.3, -0.25) is 14.5 Å². The number of likely N-dealkylation sites (N-methyl/N-ethyl adjacent to an activating group) is 1. The molecule has 10 heteroatoms. The summed E-state index contributed by atoms with van der Waals surface area (Å²) < 4.78 is 41.6. The number of hydrogen-bond donors (Lipinski definition) is 2. The highest BCUT2D eigenvalue weighted by atomic mass is 19.4. The van der Waals surface area contributed by atoms with E-state index in [1.165, 1.54) is 28.0 Å². The van der Waals surface area contributed by atoms with Gasteiger partial charge >= 0.3 is 12.2 Å². The largest absolute Gasteiger partial charge is 0.416 e.